The van der Waals surface area contributed by atoms with Crippen LogP contribution in [0.5, 0.6) is 0 Å². The summed E-state index contributed by atoms with van der Waals surface area (Å²) in [5, 5.41) is 8.99. The van der Waals surface area contributed by atoms with Gasteiger partial charge in [-0.05, 0) is 37.1 Å². The molecule has 1 amide bonds. The van der Waals surface area contributed by atoms with E-state index in [0.717, 1.165) is 16.8 Å². The number of fused-ring (bicyclic) bond motifs is 1. The van der Waals surface area contributed by atoms with Gasteiger partial charge >= 0.3 is 5.97 Å². The van der Waals surface area contributed by atoms with Crippen LogP contribution in [-0.4, -0.2) is 53.4 Å². The van der Waals surface area contributed by atoms with Crippen LogP contribution in [-0.2, 0) is 19.4 Å². The predicted molar refractivity (Wildman–Crippen MR) is 102 cm³/mol. The number of aliphatic carboxylic acids is 1. The number of thioether (sulfide) groups is 1. The number of hydrogen-bond donors (Lipinski definition) is 1. The summed E-state index contributed by atoms with van der Waals surface area (Å²) in [4.78, 5) is 28.6. The second-order valence-corrected chi connectivity index (χ2v) is 9.98. The fourth-order valence-corrected chi connectivity index (χ4v) is 7.05. The molecule has 2 aliphatic rings. The number of carbonyl (C=O) groups is 2. The van der Waals surface area contributed by atoms with Crippen molar-refractivity contribution >= 4 is 44.3 Å². The van der Waals surface area contributed by atoms with Gasteiger partial charge in [0.1, 0.15) is 0 Å². The van der Waals surface area contributed by atoms with E-state index in [4.69, 9.17) is 5.11 Å². The fourth-order valence-electron chi connectivity index (χ4n) is 3.12. The molecule has 26 heavy (non-hydrogen) atoms. The maximum absolute atomic E-state index is 12.0. The minimum Gasteiger partial charge on any atom is -0.481 e. The number of aryl methyl sites for hydroxylation is 2. The Morgan fingerprint density at radius 3 is 2.62 bits per heavy atom. The molecule has 0 bridgehead atoms. The van der Waals surface area contributed by atoms with Gasteiger partial charge in [0.05, 0.1) is 24.0 Å². The van der Waals surface area contributed by atoms with Crippen molar-refractivity contribution in [2.24, 2.45) is 4.99 Å². The van der Waals surface area contributed by atoms with Crippen LogP contribution in [0.25, 0.3) is 0 Å². The molecule has 1 N–H and O–H groups in total. The van der Waals surface area contributed by atoms with E-state index >= 15 is 0 Å². The number of benzene rings is 1. The number of rotatable bonds is 4. The summed E-state index contributed by atoms with van der Waals surface area (Å²) < 4.78 is 24.1. The molecule has 1 aromatic carbocycles. The molecule has 0 aliphatic carbocycles. The third kappa shape index (κ3) is 3.93. The summed E-state index contributed by atoms with van der Waals surface area (Å²) in [5.41, 5.74) is 2.98. The van der Waals surface area contributed by atoms with Crippen LogP contribution in [0.15, 0.2) is 23.2 Å². The number of anilines is 1. The maximum Gasteiger partial charge on any atom is 0.303 e. The standard InChI is InChI=1S/C17H20N2O5S2/c1-10-3-4-12(7-11(10)2)19-13-8-26(23,24)9-14(13)25-17(19)18-15(20)5-6-16(21)22/h3-4,7,13-14H,5-6,8-9H2,1-2H3,(H,21,22)/t13-,14+/m0/s1. The minimum absolute atomic E-state index is 0.0277. The lowest BCUT2D eigenvalue weighted by Gasteiger charge is -2.25. The van der Waals surface area contributed by atoms with E-state index < -0.39 is 21.7 Å². The summed E-state index contributed by atoms with van der Waals surface area (Å²) in [6.45, 7) is 3.96. The highest BCUT2D eigenvalue weighted by Gasteiger charge is 2.49. The van der Waals surface area contributed by atoms with E-state index in [0.29, 0.717) is 5.17 Å². The zero-order chi connectivity index (χ0) is 19.1. The average molecular weight is 396 g/mol. The van der Waals surface area contributed by atoms with E-state index in [-0.39, 0.29) is 35.6 Å². The van der Waals surface area contributed by atoms with Crippen molar-refractivity contribution in [1.82, 2.24) is 0 Å². The summed E-state index contributed by atoms with van der Waals surface area (Å²) in [6, 6.07) is 5.54. The fraction of sp³-hybridized carbons (Fsp3) is 0.471. The van der Waals surface area contributed by atoms with Crippen molar-refractivity contribution in [3.63, 3.8) is 0 Å². The lowest BCUT2D eigenvalue weighted by molar-refractivity contribution is -0.138. The van der Waals surface area contributed by atoms with Crippen molar-refractivity contribution in [2.75, 3.05) is 16.4 Å². The van der Waals surface area contributed by atoms with E-state index in [9.17, 15) is 18.0 Å². The smallest absolute Gasteiger partial charge is 0.303 e. The summed E-state index contributed by atoms with van der Waals surface area (Å²) in [5.74, 6) is -1.47. The van der Waals surface area contributed by atoms with Crippen LogP contribution in [0.4, 0.5) is 5.69 Å². The highest BCUT2D eigenvalue weighted by atomic mass is 32.2. The monoisotopic (exact) mass is 396 g/mol. The van der Waals surface area contributed by atoms with Gasteiger partial charge in [0.15, 0.2) is 15.0 Å². The third-order valence-corrected chi connectivity index (χ3v) is 7.82. The quantitative estimate of drug-likeness (QED) is 0.827. The van der Waals surface area contributed by atoms with Crippen molar-refractivity contribution in [3.05, 3.63) is 29.3 Å². The van der Waals surface area contributed by atoms with Gasteiger partial charge in [-0.1, -0.05) is 17.8 Å². The zero-order valence-electron chi connectivity index (χ0n) is 14.5. The number of carbonyl (C=O) groups excluding carboxylic acids is 1. The van der Waals surface area contributed by atoms with Gasteiger partial charge in [0.2, 0.25) is 5.91 Å². The number of hydrogen-bond acceptors (Lipinski definition) is 5. The first-order chi connectivity index (χ1) is 12.2. The Balaban J connectivity index is 1.94. The molecular formula is C17H20N2O5S2. The van der Waals surface area contributed by atoms with Gasteiger partial charge in [-0.15, -0.1) is 0 Å². The molecule has 0 aromatic heterocycles. The van der Waals surface area contributed by atoms with E-state index in [1.807, 2.05) is 36.9 Å². The lowest BCUT2D eigenvalue weighted by atomic mass is 10.1. The molecule has 0 radical (unpaired) electrons. The third-order valence-electron chi connectivity index (χ3n) is 4.61. The summed E-state index contributed by atoms with van der Waals surface area (Å²) in [7, 11) is -3.12. The molecule has 0 saturated carbocycles. The number of carboxylic acids is 1. The SMILES string of the molecule is Cc1ccc(N2C(=NC(=O)CCC(=O)O)S[C@@H]3CS(=O)(=O)C[C@@H]32)cc1C. The molecule has 9 heteroatoms. The van der Waals surface area contributed by atoms with E-state index in [1.165, 1.54) is 11.8 Å². The number of amides is 1. The van der Waals surface area contributed by atoms with Crippen LogP contribution in [0.3, 0.4) is 0 Å². The first-order valence-corrected chi connectivity index (χ1v) is 10.9. The lowest BCUT2D eigenvalue weighted by Crippen LogP contribution is -2.37. The van der Waals surface area contributed by atoms with Crippen molar-refractivity contribution < 1.29 is 23.1 Å². The Bertz CT molecular complexity index is 894. The van der Waals surface area contributed by atoms with Gasteiger partial charge in [-0.2, -0.15) is 4.99 Å². The first kappa shape index (κ1) is 18.9. The van der Waals surface area contributed by atoms with Crippen LogP contribution < -0.4 is 4.90 Å². The molecular weight excluding hydrogens is 376 g/mol. The van der Waals surface area contributed by atoms with E-state index in [1.54, 1.807) is 0 Å². The van der Waals surface area contributed by atoms with Crippen LogP contribution >= 0.6 is 11.8 Å². The number of amidine groups is 1. The van der Waals surface area contributed by atoms with Gasteiger partial charge < -0.3 is 10.0 Å². The molecule has 2 atom stereocenters. The second kappa shape index (κ2) is 7.03. The summed E-state index contributed by atoms with van der Waals surface area (Å²) >= 11 is 1.29. The molecule has 140 valence electrons. The Morgan fingerprint density at radius 1 is 1.23 bits per heavy atom. The molecule has 1 aromatic rings. The van der Waals surface area contributed by atoms with Crippen LogP contribution in [0.1, 0.15) is 24.0 Å². The van der Waals surface area contributed by atoms with Crippen molar-refractivity contribution in [2.45, 2.75) is 38.0 Å². The molecule has 2 saturated heterocycles. The normalized spacial score (nSPS) is 25.5. The largest absolute Gasteiger partial charge is 0.481 e. The molecule has 7 nitrogen and oxygen atoms in total. The number of carboxylic acid groups (broad SMARTS) is 1. The molecule has 0 unspecified atom stereocenters. The van der Waals surface area contributed by atoms with Gasteiger partial charge in [-0.3, -0.25) is 9.59 Å². The number of nitrogens with zero attached hydrogens (tertiary/aromatic N) is 2. The zero-order valence-corrected chi connectivity index (χ0v) is 16.1. The van der Waals surface area contributed by atoms with Crippen molar-refractivity contribution in [3.8, 4) is 0 Å². The van der Waals surface area contributed by atoms with Gasteiger partial charge in [0, 0.05) is 17.4 Å². The number of aliphatic imine (C=N–C) groups is 1. The second-order valence-electron chi connectivity index (χ2n) is 6.62. The minimum atomic E-state index is -3.12. The average Bonchev–Trinajstić information content (AvgIpc) is 2.99. The molecule has 2 aliphatic heterocycles. The Labute approximate surface area is 156 Å². The topological polar surface area (TPSA) is 104 Å². The molecule has 0 spiro atoms. The maximum atomic E-state index is 12.0. The van der Waals surface area contributed by atoms with Gasteiger partial charge in [0.25, 0.3) is 0 Å². The predicted octanol–water partition coefficient (Wildman–Crippen LogP) is 1.77. The molecule has 2 fully saturated rings. The highest BCUT2D eigenvalue weighted by Crippen LogP contribution is 2.41. The Morgan fingerprint density at radius 2 is 1.96 bits per heavy atom. The van der Waals surface area contributed by atoms with E-state index in [2.05, 4.69) is 4.99 Å². The Hall–Kier alpha value is -1.87. The number of sulfone groups is 1. The highest BCUT2D eigenvalue weighted by molar-refractivity contribution is 8.16. The Kier molecular flexibility index (Phi) is 5.12. The van der Waals surface area contributed by atoms with Crippen LogP contribution in [0.2, 0.25) is 0 Å². The molecule has 2 heterocycles. The van der Waals surface area contributed by atoms with Crippen LogP contribution in [0, 0.1) is 13.8 Å². The van der Waals surface area contributed by atoms with Gasteiger partial charge in [-0.25, -0.2) is 8.42 Å². The summed E-state index contributed by atoms with van der Waals surface area (Å²) in [6.07, 6.45) is -0.445. The molecule has 3 rings (SSSR count). The first-order valence-electron chi connectivity index (χ1n) is 8.23. The van der Waals surface area contributed by atoms with Crippen molar-refractivity contribution in [1.29, 1.82) is 0 Å².